The lowest BCUT2D eigenvalue weighted by Crippen LogP contribution is -2.33. The predicted octanol–water partition coefficient (Wildman–Crippen LogP) is 4.06. The molecule has 0 radical (unpaired) electrons. The molecule has 1 aliphatic heterocycles. The highest BCUT2D eigenvalue weighted by molar-refractivity contribution is 4.98. The number of likely N-dealkylation sites (tertiary alicyclic amines) is 1. The summed E-state index contributed by atoms with van der Waals surface area (Å²) in [5, 5.41) is 0. The molecular weight excluding hydrogens is 182 g/mol. The van der Waals surface area contributed by atoms with Crippen molar-refractivity contribution in [3.8, 4) is 0 Å². The molecule has 0 aromatic rings. The molecule has 1 heterocycles. The second kappa shape index (κ2) is 5.05. The summed E-state index contributed by atoms with van der Waals surface area (Å²) < 4.78 is 0. The van der Waals surface area contributed by atoms with E-state index in [1.807, 2.05) is 0 Å². The lowest BCUT2D eigenvalue weighted by atomic mass is 9.89. The largest absolute Gasteiger partial charge is 0.375 e. The summed E-state index contributed by atoms with van der Waals surface area (Å²) >= 11 is 0. The molecule has 0 bridgehead atoms. The van der Waals surface area contributed by atoms with Crippen LogP contribution in [0.5, 0.6) is 0 Å². The quantitative estimate of drug-likeness (QED) is 0.677. The molecule has 0 amide bonds. The van der Waals surface area contributed by atoms with Gasteiger partial charge in [-0.1, -0.05) is 40.7 Å². The smallest absolute Gasteiger partial charge is 0.0177 e. The zero-order valence-corrected chi connectivity index (χ0v) is 11.0. The van der Waals surface area contributed by atoms with Crippen molar-refractivity contribution >= 4 is 0 Å². The van der Waals surface area contributed by atoms with Crippen molar-refractivity contribution in [2.45, 2.75) is 53.4 Å². The van der Waals surface area contributed by atoms with Crippen LogP contribution in [0.3, 0.4) is 0 Å². The Kier molecular flexibility index (Phi) is 4.24. The van der Waals surface area contributed by atoms with Gasteiger partial charge in [0.15, 0.2) is 0 Å². The van der Waals surface area contributed by atoms with Crippen LogP contribution in [-0.4, -0.2) is 18.0 Å². The summed E-state index contributed by atoms with van der Waals surface area (Å²) in [5.41, 5.74) is 1.72. The molecule has 15 heavy (non-hydrogen) atoms. The number of hydrogen-bond acceptors (Lipinski definition) is 1. The molecule has 0 saturated carbocycles. The van der Waals surface area contributed by atoms with Gasteiger partial charge in [0, 0.05) is 18.8 Å². The average molecular weight is 209 g/mol. The molecule has 0 spiro atoms. The molecule has 1 saturated heterocycles. The highest BCUT2D eigenvalue weighted by atomic mass is 15.1. The number of rotatable bonds is 3. The molecule has 88 valence electrons. The van der Waals surface area contributed by atoms with Crippen molar-refractivity contribution in [3.05, 3.63) is 12.3 Å². The number of piperidine rings is 1. The highest BCUT2D eigenvalue weighted by Crippen LogP contribution is 2.28. The zero-order valence-electron chi connectivity index (χ0n) is 11.0. The Labute approximate surface area is 95.5 Å². The van der Waals surface area contributed by atoms with Crippen LogP contribution in [0.4, 0.5) is 0 Å². The van der Waals surface area contributed by atoms with Crippen LogP contribution < -0.4 is 0 Å². The molecule has 0 aliphatic carbocycles. The summed E-state index contributed by atoms with van der Waals surface area (Å²) in [5.74, 6) is 0.962. The monoisotopic (exact) mass is 209 g/mol. The Morgan fingerprint density at radius 3 is 2.20 bits per heavy atom. The Morgan fingerprint density at radius 2 is 1.80 bits per heavy atom. The van der Waals surface area contributed by atoms with E-state index in [0.717, 1.165) is 12.3 Å². The zero-order chi connectivity index (χ0) is 11.5. The van der Waals surface area contributed by atoms with Crippen LogP contribution >= 0.6 is 0 Å². The lowest BCUT2D eigenvalue weighted by molar-refractivity contribution is 0.205. The Bertz CT molecular complexity index is 204. The summed E-state index contributed by atoms with van der Waals surface area (Å²) in [4.78, 5) is 2.50. The summed E-state index contributed by atoms with van der Waals surface area (Å²) in [6, 6.07) is 0. The van der Waals surface area contributed by atoms with Crippen molar-refractivity contribution in [3.63, 3.8) is 0 Å². The first-order chi connectivity index (χ1) is 6.92. The molecule has 1 rings (SSSR count). The maximum atomic E-state index is 4.24. The van der Waals surface area contributed by atoms with E-state index in [1.165, 1.54) is 38.0 Å². The minimum atomic E-state index is 0.374. The first kappa shape index (κ1) is 12.6. The summed E-state index contributed by atoms with van der Waals surface area (Å²) in [7, 11) is 0. The molecule has 0 unspecified atom stereocenters. The second-order valence-electron chi connectivity index (χ2n) is 6.14. The predicted molar refractivity (Wildman–Crippen MR) is 67.8 cm³/mol. The van der Waals surface area contributed by atoms with Gasteiger partial charge in [0.05, 0.1) is 0 Å². The van der Waals surface area contributed by atoms with Crippen LogP contribution in [0.1, 0.15) is 53.4 Å². The average Bonchev–Trinajstić information content (AvgIpc) is 2.15. The Hall–Kier alpha value is -0.460. The summed E-state index contributed by atoms with van der Waals surface area (Å²) in [6.45, 7) is 15.9. The maximum absolute atomic E-state index is 4.24. The van der Waals surface area contributed by atoms with Crippen molar-refractivity contribution in [1.82, 2.24) is 4.90 Å². The molecule has 1 aliphatic rings. The number of nitrogens with zero attached hydrogens (tertiary/aromatic N) is 1. The van der Waals surface area contributed by atoms with Gasteiger partial charge in [-0.2, -0.15) is 0 Å². The first-order valence-corrected chi connectivity index (χ1v) is 6.35. The van der Waals surface area contributed by atoms with Crippen molar-refractivity contribution in [2.24, 2.45) is 11.3 Å². The normalized spacial score (nSPS) is 19.3. The van der Waals surface area contributed by atoms with Gasteiger partial charge in [-0.05, 0) is 30.6 Å². The minimum absolute atomic E-state index is 0.374. The van der Waals surface area contributed by atoms with Gasteiger partial charge >= 0.3 is 0 Å². The fourth-order valence-electron chi connectivity index (χ4n) is 2.38. The van der Waals surface area contributed by atoms with Crippen LogP contribution in [0.25, 0.3) is 0 Å². The lowest BCUT2D eigenvalue weighted by Gasteiger charge is -2.36. The first-order valence-electron chi connectivity index (χ1n) is 6.35. The number of allylic oxidation sites excluding steroid dienone is 1. The fraction of sp³-hybridized carbons (Fsp3) is 0.857. The van der Waals surface area contributed by atoms with Crippen LogP contribution in [0.2, 0.25) is 0 Å². The van der Waals surface area contributed by atoms with E-state index in [1.54, 1.807) is 0 Å². The fourth-order valence-corrected chi connectivity index (χ4v) is 2.38. The van der Waals surface area contributed by atoms with Crippen molar-refractivity contribution < 1.29 is 0 Å². The van der Waals surface area contributed by atoms with Crippen LogP contribution in [0.15, 0.2) is 12.3 Å². The third-order valence-corrected chi connectivity index (χ3v) is 3.37. The van der Waals surface area contributed by atoms with Crippen LogP contribution in [-0.2, 0) is 0 Å². The van der Waals surface area contributed by atoms with Crippen molar-refractivity contribution in [1.29, 1.82) is 0 Å². The molecule has 0 atom stereocenters. The molecular formula is C14H27N. The van der Waals surface area contributed by atoms with E-state index in [4.69, 9.17) is 0 Å². The summed E-state index contributed by atoms with van der Waals surface area (Å²) in [6.07, 6.45) is 5.20. The molecule has 1 heteroatoms. The molecule has 0 aromatic carbocycles. The number of hydrogen-bond donors (Lipinski definition) is 0. The third kappa shape index (κ3) is 4.27. The van der Waals surface area contributed by atoms with E-state index in [0.29, 0.717) is 5.41 Å². The van der Waals surface area contributed by atoms with Gasteiger partial charge in [-0.15, -0.1) is 0 Å². The van der Waals surface area contributed by atoms with E-state index >= 15 is 0 Å². The Balaban J connectivity index is 2.37. The van der Waals surface area contributed by atoms with Crippen LogP contribution in [0, 0.1) is 11.3 Å². The van der Waals surface area contributed by atoms with E-state index in [-0.39, 0.29) is 0 Å². The van der Waals surface area contributed by atoms with Gasteiger partial charge in [0.25, 0.3) is 0 Å². The molecule has 0 aromatic heterocycles. The highest BCUT2D eigenvalue weighted by Gasteiger charge is 2.21. The van der Waals surface area contributed by atoms with Gasteiger partial charge in [0.1, 0.15) is 0 Å². The maximum Gasteiger partial charge on any atom is 0.0177 e. The van der Waals surface area contributed by atoms with E-state index in [2.05, 4.69) is 39.2 Å². The second-order valence-corrected chi connectivity index (χ2v) is 6.14. The minimum Gasteiger partial charge on any atom is -0.375 e. The van der Waals surface area contributed by atoms with Gasteiger partial charge in [0.2, 0.25) is 0 Å². The van der Waals surface area contributed by atoms with Gasteiger partial charge < -0.3 is 4.90 Å². The molecule has 1 fully saturated rings. The third-order valence-electron chi connectivity index (χ3n) is 3.37. The van der Waals surface area contributed by atoms with Gasteiger partial charge in [-0.3, -0.25) is 0 Å². The SMILES string of the molecule is C=C(CC(C)(C)C)N1CCC(CC)CC1. The standard InChI is InChI=1S/C14H27N/c1-6-13-7-9-15(10-8-13)12(2)11-14(3,4)5/h13H,2,6-11H2,1,3-5H3. The van der Waals surface area contributed by atoms with Gasteiger partial charge in [-0.25, -0.2) is 0 Å². The van der Waals surface area contributed by atoms with E-state index in [9.17, 15) is 0 Å². The topological polar surface area (TPSA) is 3.24 Å². The molecule has 0 N–H and O–H groups in total. The Morgan fingerprint density at radius 1 is 1.27 bits per heavy atom. The van der Waals surface area contributed by atoms with Crippen molar-refractivity contribution in [2.75, 3.05) is 13.1 Å². The molecule has 1 nitrogen and oxygen atoms in total. The van der Waals surface area contributed by atoms with E-state index < -0.39 is 0 Å².